The predicted octanol–water partition coefficient (Wildman–Crippen LogP) is 2.11. The van der Waals surface area contributed by atoms with E-state index in [9.17, 15) is 9.18 Å². The predicted molar refractivity (Wildman–Crippen MR) is 89.0 cm³/mol. The summed E-state index contributed by atoms with van der Waals surface area (Å²) < 4.78 is 13.9. The molecule has 6 heteroatoms. The van der Waals surface area contributed by atoms with E-state index in [1.54, 1.807) is 12.1 Å². The van der Waals surface area contributed by atoms with E-state index in [1.807, 2.05) is 24.8 Å². The first-order valence-corrected chi connectivity index (χ1v) is 8.18. The standard InChI is InChI=1S/C17H26FN3O2/c1-12(11-22)13(2)19-17(23)20-14-6-5-9-21(10-14)16-8-4-3-7-15(16)18/h3-4,7-8,12-14,22H,5-6,9-11H2,1-2H3,(H2,19,20,23). The lowest BCUT2D eigenvalue weighted by atomic mass is 10.0. The van der Waals surface area contributed by atoms with Gasteiger partial charge in [-0.05, 0) is 37.8 Å². The Hall–Kier alpha value is -1.82. The van der Waals surface area contributed by atoms with Gasteiger partial charge in [-0.2, -0.15) is 0 Å². The minimum Gasteiger partial charge on any atom is -0.396 e. The zero-order valence-corrected chi connectivity index (χ0v) is 13.8. The number of carbonyl (C=O) groups excluding carboxylic acids is 1. The van der Waals surface area contributed by atoms with Gasteiger partial charge in [0.1, 0.15) is 5.82 Å². The fraction of sp³-hybridized carbons (Fsp3) is 0.588. The molecule has 0 saturated carbocycles. The quantitative estimate of drug-likeness (QED) is 0.777. The van der Waals surface area contributed by atoms with Gasteiger partial charge in [-0.3, -0.25) is 0 Å². The lowest BCUT2D eigenvalue weighted by Crippen LogP contribution is -2.53. The van der Waals surface area contributed by atoms with Crippen LogP contribution in [0.3, 0.4) is 0 Å². The van der Waals surface area contributed by atoms with Crippen molar-refractivity contribution >= 4 is 11.7 Å². The van der Waals surface area contributed by atoms with Crippen molar-refractivity contribution < 1.29 is 14.3 Å². The normalized spacial score (nSPS) is 20.7. The van der Waals surface area contributed by atoms with Crippen LogP contribution in [0, 0.1) is 11.7 Å². The highest BCUT2D eigenvalue weighted by molar-refractivity contribution is 5.74. The van der Waals surface area contributed by atoms with Crippen molar-refractivity contribution in [2.24, 2.45) is 5.92 Å². The lowest BCUT2D eigenvalue weighted by molar-refractivity contribution is 0.198. The summed E-state index contributed by atoms with van der Waals surface area (Å²) in [5.41, 5.74) is 0.585. The van der Waals surface area contributed by atoms with Crippen molar-refractivity contribution in [3.05, 3.63) is 30.1 Å². The molecule has 1 aromatic carbocycles. The number of rotatable bonds is 5. The Labute approximate surface area is 136 Å². The van der Waals surface area contributed by atoms with Crippen molar-refractivity contribution in [2.75, 3.05) is 24.6 Å². The number of piperidine rings is 1. The van der Waals surface area contributed by atoms with Gasteiger partial charge in [0, 0.05) is 31.8 Å². The fourth-order valence-corrected chi connectivity index (χ4v) is 2.76. The molecule has 1 aromatic rings. The molecular weight excluding hydrogens is 297 g/mol. The maximum absolute atomic E-state index is 13.9. The zero-order valence-electron chi connectivity index (χ0n) is 13.8. The first-order valence-electron chi connectivity index (χ1n) is 8.18. The second-order valence-corrected chi connectivity index (χ2v) is 6.30. The Morgan fingerprint density at radius 2 is 2.17 bits per heavy atom. The van der Waals surface area contributed by atoms with E-state index in [2.05, 4.69) is 10.6 Å². The Morgan fingerprint density at radius 3 is 2.87 bits per heavy atom. The molecule has 1 aliphatic heterocycles. The maximum Gasteiger partial charge on any atom is 0.315 e. The molecule has 3 N–H and O–H groups in total. The number of anilines is 1. The molecule has 0 aliphatic carbocycles. The van der Waals surface area contributed by atoms with Crippen LogP contribution < -0.4 is 15.5 Å². The highest BCUT2D eigenvalue weighted by atomic mass is 19.1. The Kier molecular flexibility index (Phi) is 6.21. The van der Waals surface area contributed by atoms with Gasteiger partial charge < -0.3 is 20.6 Å². The number of para-hydroxylation sites is 1. The van der Waals surface area contributed by atoms with Crippen LogP contribution in [0.5, 0.6) is 0 Å². The van der Waals surface area contributed by atoms with Crippen LogP contribution in [0.4, 0.5) is 14.9 Å². The molecule has 1 heterocycles. The Morgan fingerprint density at radius 1 is 1.43 bits per heavy atom. The molecule has 1 fully saturated rings. The van der Waals surface area contributed by atoms with Gasteiger partial charge in [0.2, 0.25) is 0 Å². The van der Waals surface area contributed by atoms with Gasteiger partial charge in [-0.25, -0.2) is 9.18 Å². The summed E-state index contributed by atoms with van der Waals surface area (Å²) in [6.07, 6.45) is 1.78. The summed E-state index contributed by atoms with van der Waals surface area (Å²) >= 11 is 0. The van der Waals surface area contributed by atoms with Gasteiger partial charge in [0.15, 0.2) is 0 Å². The molecule has 1 aliphatic rings. The van der Waals surface area contributed by atoms with Gasteiger partial charge in [0.05, 0.1) is 5.69 Å². The minimum atomic E-state index is -0.238. The van der Waals surface area contributed by atoms with Crippen molar-refractivity contribution in [1.29, 1.82) is 0 Å². The molecule has 2 amide bonds. The molecule has 1 saturated heterocycles. The summed E-state index contributed by atoms with van der Waals surface area (Å²) in [4.78, 5) is 14.0. The topological polar surface area (TPSA) is 64.6 Å². The molecule has 5 nitrogen and oxygen atoms in total. The van der Waals surface area contributed by atoms with Crippen LogP contribution in [0.15, 0.2) is 24.3 Å². The van der Waals surface area contributed by atoms with Crippen LogP contribution in [0.25, 0.3) is 0 Å². The van der Waals surface area contributed by atoms with Crippen molar-refractivity contribution in [1.82, 2.24) is 10.6 Å². The third kappa shape index (κ3) is 4.82. The summed E-state index contributed by atoms with van der Waals surface area (Å²) in [6, 6.07) is 6.36. The summed E-state index contributed by atoms with van der Waals surface area (Å²) in [5, 5.41) is 14.9. The monoisotopic (exact) mass is 323 g/mol. The number of halogens is 1. The van der Waals surface area contributed by atoms with Gasteiger partial charge in [-0.1, -0.05) is 19.1 Å². The number of carbonyl (C=O) groups is 1. The van der Waals surface area contributed by atoms with E-state index < -0.39 is 0 Å². The highest BCUT2D eigenvalue weighted by Crippen LogP contribution is 2.22. The van der Waals surface area contributed by atoms with E-state index in [0.29, 0.717) is 12.2 Å². The highest BCUT2D eigenvalue weighted by Gasteiger charge is 2.24. The maximum atomic E-state index is 13.9. The largest absolute Gasteiger partial charge is 0.396 e. The first kappa shape index (κ1) is 17.5. The van der Waals surface area contributed by atoms with E-state index >= 15 is 0 Å². The summed E-state index contributed by atoms with van der Waals surface area (Å²) in [5.74, 6) is -0.231. The SMILES string of the molecule is CC(CO)C(C)NC(=O)NC1CCCN(c2ccccc2F)C1. The number of benzene rings is 1. The van der Waals surface area contributed by atoms with E-state index in [-0.39, 0.29) is 36.5 Å². The third-order valence-corrected chi connectivity index (χ3v) is 4.45. The van der Waals surface area contributed by atoms with Crippen LogP contribution >= 0.6 is 0 Å². The van der Waals surface area contributed by atoms with Crippen LogP contribution in [0.1, 0.15) is 26.7 Å². The molecule has 0 bridgehead atoms. The number of urea groups is 1. The fourth-order valence-electron chi connectivity index (χ4n) is 2.76. The first-order chi connectivity index (χ1) is 11.0. The Balaban J connectivity index is 1.89. The average Bonchev–Trinajstić information content (AvgIpc) is 2.54. The van der Waals surface area contributed by atoms with Crippen LogP contribution in [0.2, 0.25) is 0 Å². The van der Waals surface area contributed by atoms with Gasteiger partial charge in [0.25, 0.3) is 0 Å². The molecule has 23 heavy (non-hydrogen) atoms. The van der Waals surface area contributed by atoms with Gasteiger partial charge in [-0.15, -0.1) is 0 Å². The number of nitrogens with one attached hydrogen (secondary N) is 2. The number of aliphatic hydroxyl groups excluding tert-OH is 1. The molecule has 0 aromatic heterocycles. The molecule has 0 radical (unpaired) electrons. The zero-order chi connectivity index (χ0) is 16.8. The number of amides is 2. The number of aliphatic hydroxyl groups is 1. The van der Waals surface area contributed by atoms with Crippen molar-refractivity contribution in [3.8, 4) is 0 Å². The molecule has 2 rings (SSSR count). The number of hydrogen-bond acceptors (Lipinski definition) is 3. The molecular formula is C17H26FN3O2. The number of nitrogens with zero attached hydrogens (tertiary/aromatic N) is 1. The van der Waals surface area contributed by atoms with Crippen LogP contribution in [-0.4, -0.2) is 42.9 Å². The Bertz CT molecular complexity index is 526. The van der Waals surface area contributed by atoms with Crippen molar-refractivity contribution in [2.45, 2.75) is 38.8 Å². The van der Waals surface area contributed by atoms with E-state index in [0.717, 1.165) is 19.4 Å². The second kappa shape index (κ2) is 8.15. The average molecular weight is 323 g/mol. The minimum absolute atomic E-state index is 0.00187. The molecule has 3 atom stereocenters. The summed E-state index contributed by atoms with van der Waals surface area (Å²) in [7, 11) is 0. The van der Waals surface area contributed by atoms with Crippen molar-refractivity contribution in [3.63, 3.8) is 0 Å². The molecule has 3 unspecified atom stereocenters. The van der Waals surface area contributed by atoms with Gasteiger partial charge >= 0.3 is 6.03 Å². The smallest absolute Gasteiger partial charge is 0.315 e. The molecule has 0 spiro atoms. The van der Waals surface area contributed by atoms with Crippen LogP contribution in [-0.2, 0) is 0 Å². The van der Waals surface area contributed by atoms with E-state index in [4.69, 9.17) is 5.11 Å². The lowest BCUT2D eigenvalue weighted by Gasteiger charge is -2.35. The number of hydrogen-bond donors (Lipinski definition) is 3. The van der Waals surface area contributed by atoms with E-state index in [1.165, 1.54) is 6.07 Å². The molecule has 128 valence electrons. The third-order valence-electron chi connectivity index (χ3n) is 4.45. The summed E-state index contributed by atoms with van der Waals surface area (Å²) in [6.45, 7) is 5.17. The second-order valence-electron chi connectivity index (χ2n) is 6.30.